The van der Waals surface area contributed by atoms with Crippen LogP contribution in [0, 0.1) is 0 Å². The summed E-state index contributed by atoms with van der Waals surface area (Å²) in [6, 6.07) is -0.0348. The van der Waals surface area contributed by atoms with Gasteiger partial charge in [0.05, 0.1) is 0 Å². The zero-order valence-electron chi connectivity index (χ0n) is 8.43. The lowest BCUT2D eigenvalue weighted by Gasteiger charge is -2.14. The highest BCUT2D eigenvalue weighted by Crippen LogP contribution is 2.22. The van der Waals surface area contributed by atoms with Gasteiger partial charge in [-0.3, -0.25) is 4.99 Å². The van der Waals surface area contributed by atoms with Gasteiger partial charge in [-0.05, 0) is 6.92 Å². The summed E-state index contributed by atoms with van der Waals surface area (Å²) >= 11 is 1.72. The maximum atomic E-state index is 4.39. The van der Waals surface area contributed by atoms with Crippen molar-refractivity contribution >= 4 is 34.8 Å². The fraction of sp³-hybridized carbons (Fsp3) is 0.556. The Balaban J connectivity index is 2.23. The van der Waals surface area contributed by atoms with Crippen LogP contribution in [0.15, 0.2) is 20.0 Å². The monoisotopic (exact) mass is 208 g/mol. The minimum atomic E-state index is -0.0348. The quantitative estimate of drug-likeness (QED) is 0.647. The normalized spacial score (nSPS) is 24.6. The maximum Gasteiger partial charge on any atom is 0.163 e. The van der Waals surface area contributed by atoms with E-state index in [4.69, 9.17) is 0 Å². The third-order valence-corrected chi connectivity index (χ3v) is 2.84. The third-order valence-electron chi connectivity index (χ3n) is 1.80. The van der Waals surface area contributed by atoms with Gasteiger partial charge in [0, 0.05) is 5.25 Å². The smallest absolute Gasteiger partial charge is 0.163 e. The molecule has 2 aliphatic rings. The Hall–Kier alpha value is -0.970. The second-order valence-electron chi connectivity index (χ2n) is 3.43. The number of hydrogen-bond donors (Lipinski definition) is 0. The topological polar surface area (TPSA) is 49.4 Å². The van der Waals surface area contributed by atoms with Gasteiger partial charge < -0.3 is 0 Å². The summed E-state index contributed by atoms with van der Waals surface area (Å²) in [4.78, 5) is 17.0. The number of amidine groups is 2. The van der Waals surface area contributed by atoms with E-state index in [0.29, 0.717) is 5.25 Å². The molecule has 2 heterocycles. The van der Waals surface area contributed by atoms with Crippen LogP contribution in [-0.4, -0.2) is 34.3 Å². The Morgan fingerprint density at radius 3 is 2.93 bits per heavy atom. The molecule has 0 aromatic rings. The van der Waals surface area contributed by atoms with Gasteiger partial charge in [-0.25, -0.2) is 15.0 Å². The number of aliphatic imine (C=N–C) groups is 4. The molecule has 4 nitrogen and oxygen atoms in total. The molecule has 2 rings (SSSR count). The van der Waals surface area contributed by atoms with Crippen LogP contribution in [0.2, 0.25) is 0 Å². The molecule has 0 aromatic carbocycles. The van der Waals surface area contributed by atoms with Gasteiger partial charge in [0.25, 0.3) is 0 Å². The first-order valence-electron chi connectivity index (χ1n) is 4.56. The largest absolute Gasteiger partial charge is 0.252 e. The van der Waals surface area contributed by atoms with Crippen LogP contribution in [0.5, 0.6) is 0 Å². The predicted octanol–water partition coefficient (Wildman–Crippen LogP) is 1.77. The molecule has 1 atom stereocenters. The molecular weight excluding hydrogens is 196 g/mol. The Kier molecular flexibility index (Phi) is 2.50. The van der Waals surface area contributed by atoms with Crippen molar-refractivity contribution in [2.24, 2.45) is 20.0 Å². The summed E-state index contributed by atoms with van der Waals surface area (Å²) in [5.41, 5.74) is 0. The highest BCUT2D eigenvalue weighted by atomic mass is 32.2. The molecular formula is C9H12N4S. The Morgan fingerprint density at radius 2 is 2.21 bits per heavy atom. The van der Waals surface area contributed by atoms with Crippen LogP contribution < -0.4 is 0 Å². The van der Waals surface area contributed by atoms with Crippen molar-refractivity contribution in [3.8, 4) is 0 Å². The summed E-state index contributed by atoms with van der Waals surface area (Å²) in [7, 11) is 0. The van der Waals surface area contributed by atoms with Crippen molar-refractivity contribution in [2.75, 3.05) is 0 Å². The maximum absolute atomic E-state index is 4.39. The highest BCUT2D eigenvalue weighted by Gasteiger charge is 2.28. The number of thioether (sulfide) groups is 1. The minimum absolute atomic E-state index is 0.0348. The van der Waals surface area contributed by atoms with Crippen LogP contribution in [0.3, 0.4) is 0 Å². The average Bonchev–Trinajstić information content (AvgIpc) is 2.45. The van der Waals surface area contributed by atoms with Crippen LogP contribution in [-0.2, 0) is 0 Å². The van der Waals surface area contributed by atoms with Crippen molar-refractivity contribution in [3.05, 3.63) is 0 Å². The third kappa shape index (κ3) is 1.77. The lowest BCUT2D eigenvalue weighted by atomic mass is 10.3. The minimum Gasteiger partial charge on any atom is -0.252 e. The standard InChI is InChI=1S/C9H12N4S/c1-5(2)14-9-7-8(10-4-11-9)13-6(3)12-7/h4-5,7H,1-3H3. The summed E-state index contributed by atoms with van der Waals surface area (Å²) in [6.45, 7) is 6.17. The molecule has 0 fully saturated rings. The lowest BCUT2D eigenvalue weighted by Crippen LogP contribution is -2.26. The molecule has 0 radical (unpaired) electrons. The lowest BCUT2D eigenvalue weighted by molar-refractivity contribution is 1.11. The molecule has 74 valence electrons. The first kappa shape index (κ1) is 9.58. The van der Waals surface area contributed by atoms with E-state index < -0.39 is 0 Å². The molecule has 0 aliphatic carbocycles. The molecule has 1 unspecified atom stereocenters. The molecule has 5 heteroatoms. The van der Waals surface area contributed by atoms with Crippen molar-refractivity contribution in [3.63, 3.8) is 0 Å². The number of fused-ring (bicyclic) bond motifs is 1. The van der Waals surface area contributed by atoms with Crippen molar-refractivity contribution in [1.82, 2.24) is 0 Å². The Morgan fingerprint density at radius 1 is 1.43 bits per heavy atom. The van der Waals surface area contributed by atoms with Gasteiger partial charge >= 0.3 is 0 Å². The van der Waals surface area contributed by atoms with Crippen molar-refractivity contribution < 1.29 is 0 Å². The Bertz CT molecular complexity index is 365. The van der Waals surface area contributed by atoms with Gasteiger partial charge in [0.15, 0.2) is 11.9 Å². The molecule has 2 aliphatic heterocycles. The van der Waals surface area contributed by atoms with Crippen LogP contribution >= 0.6 is 11.8 Å². The van der Waals surface area contributed by atoms with E-state index in [1.807, 2.05) is 6.92 Å². The first-order chi connectivity index (χ1) is 6.66. The van der Waals surface area contributed by atoms with E-state index in [2.05, 4.69) is 33.8 Å². The van der Waals surface area contributed by atoms with Crippen LogP contribution in [0.4, 0.5) is 0 Å². The number of hydrogen-bond acceptors (Lipinski definition) is 5. The molecule has 14 heavy (non-hydrogen) atoms. The Labute approximate surface area is 87.4 Å². The van der Waals surface area contributed by atoms with Gasteiger partial charge in [-0.2, -0.15) is 0 Å². The van der Waals surface area contributed by atoms with Gasteiger partial charge in [-0.1, -0.05) is 13.8 Å². The molecule has 0 saturated carbocycles. The molecule has 0 bridgehead atoms. The van der Waals surface area contributed by atoms with Crippen LogP contribution in [0.1, 0.15) is 20.8 Å². The average molecular weight is 208 g/mol. The summed E-state index contributed by atoms with van der Waals surface area (Å²) in [5, 5.41) is 1.52. The van der Waals surface area contributed by atoms with E-state index in [1.165, 1.54) is 0 Å². The SMILES string of the molecule is CC1=NC2C(=N1)N=CN=C2SC(C)C. The fourth-order valence-electron chi connectivity index (χ4n) is 1.32. The molecule has 0 N–H and O–H groups in total. The zero-order chi connectivity index (χ0) is 10.1. The van der Waals surface area contributed by atoms with E-state index in [1.54, 1.807) is 18.1 Å². The van der Waals surface area contributed by atoms with Gasteiger partial charge in [0.2, 0.25) is 0 Å². The van der Waals surface area contributed by atoms with Crippen molar-refractivity contribution in [2.45, 2.75) is 32.1 Å². The number of rotatable bonds is 1. The van der Waals surface area contributed by atoms with Crippen LogP contribution in [0.25, 0.3) is 0 Å². The van der Waals surface area contributed by atoms with Gasteiger partial charge in [0.1, 0.15) is 17.2 Å². The summed E-state index contributed by atoms with van der Waals surface area (Å²) < 4.78 is 0. The van der Waals surface area contributed by atoms with E-state index >= 15 is 0 Å². The van der Waals surface area contributed by atoms with E-state index in [9.17, 15) is 0 Å². The molecule has 0 saturated heterocycles. The van der Waals surface area contributed by atoms with Gasteiger partial charge in [-0.15, -0.1) is 11.8 Å². The zero-order valence-corrected chi connectivity index (χ0v) is 9.25. The van der Waals surface area contributed by atoms with E-state index in [-0.39, 0.29) is 6.04 Å². The second kappa shape index (κ2) is 3.65. The van der Waals surface area contributed by atoms with E-state index in [0.717, 1.165) is 16.7 Å². The summed E-state index contributed by atoms with van der Waals surface area (Å²) in [5.74, 6) is 1.57. The second-order valence-corrected chi connectivity index (χ2v) is 5.02. The molecule has 0 spiro atoms. The fourth-order valence-corrected chi connectivity index (χ4v) is 2.20. The predicted molar refractivity (Wildman–Crippen MR) is 63.0 cm³/mol. The van der Waals surface area contributed by atoms with Crippen molar-refractivity contribution in [1.29, 1.82) is 0 Å². The summed E-state index contributed by atoms with van der Waals surface area (Å²) in [6.07, 6.45) is 1.56. The number of nitrogens with zero attached hydrogens (tertiary/aromatic N) is 4. The molecule has 0 amide bonds. The first-order valence-corrected chi connectivity index (χ1v) is 5.44. The highest BCUT2D eigenvalue weighted by molar-refractivity contribution is 8.14. The molecule has 0 aromatic heterocycles.